The van der Waals surface area contributed by atoms with Crippen molar-refractivity contribution in [2.24, 2.45) is 0 Å². The van der Waals surface area contributed by atoms with Gasteiger partial charge in [0.2, 0.25) is 12.0 Å². The normalized spacial score (nSPS) is 15.9. The molecule has 0 heterocycles. The van der Waals surface area contributed by atoms with Gasteiger partial charge in [0.25, 0.3) is 0 Å². The first-order valence-electron chi connectivity index (χ1n) is 5.06. The largest absolute Gasteiger partial charge is 0.327 e. The number of rotatable bonds is 8. The molecular weight excluding hydrogens is 263 g/mol. The molecule has 0 spiro atoms. The SMILES string of the molecule is CCOP(=S)(SC(C)CC)N(C=O)CC#N. The van der Waals surface area contributed by atoms with Crippen LogP contribution >= 0.6 is 17.0 Å². The molecule has 0 N–H and O–H groups in total. The summed E-state index contributed by atoms with van der Waals surface area (Å²) in [6, 6.07) is 1.94. The van der Waals surface area contributed by atoms with Gasteiger partial charge in [-0.1, -0.05) is 25.2 Å². The van der Waals surface area contributed by atoms with Crippen LogP contribution in [-0.2, 0) is 21.1 Å². The Morgan fingerprint density at radius 1 is 1.69 bits per heavy atom. The molecule has 4 nitrogen and oxygen atoms in total. The zero-order valence-electron chi connectivity index (χ0n) is 9.75. The van der Waals surface area contributed by atoms with Crippen LogP contribution < -0.4 is 0 Å². The molecule has 0 saturated heterocycles. The molecule has 0 radical (unpaired) electrons. The van der Waals surface area contributed by atoms with Gasteiger partial charge in [-0.05, 0) is 25.2 Å². The Hall–Kier alpha value is -0.0800. The smallest absolute Gasteiger partial charge is 0.216 e. The highest BCUT2D eigenvalue weighted by Gasteiger charge is 2.28. The minimum absolute atomic E-state index is 0.00971. The van der Waals surface area contributed by atoms with E-state index in [9.17, 15) is 4.79 Å². The third kappa shape index (κ3) is 4.84. The average Bonchev–Trinajstić information content (AvgIpc) is 2.25. The van der Waals surface area contributed by atoms with Gasteiger partial charge in [-0.3, -0.25) is 9.46 Å². The topological polar surface area (TPSA) is 53.3 Å². The van der Waals surface area contributed by atoms with E-state index in [4.69, 9.17) is 21.6 Å². The molecule has 2 atom stereocenters. The van der Waals surface area contributed by atoms with Gasteiger partial charge in [0.05, 0.1) is 12.7 Å². The highest BCUT2D eigenvalue weighted by molar-refractivity contribution is 8.69. The molecule has 1 amide bonds. The van der Waals surface area contributed by atoms with Crippen LogP contribution in [0.25, 0.3) is 0 Å². The molecule has 0 aliphatic rings. The second kappa shape index (κ2) is 8.08. The van der Waals surface area contributed by atoms with E-state index in [0.717, 1.165) is 6.42 Å². The van der Waals surface area contributed by atoms with Crippen molar-refractivity contribution >= 4 is 35.2 Å². The van der Waals surface area contributed by atoms with E-state index in [1.807, 2.05) is 19.9 Å². The summed E-state index contributed by atoms with van der Waals surface area (Å²) >= 11 is 6.92. The van der Waals surface area contributed by atoms with Crippen molar-refractivity contribution < 1.29 is 9.32 Å². The summed E-state index contributed by atoms with van der Waals surface area (Å²) in [4.78, 5) is 10.9. The number of nitriles is 1. The lowest BCUT2D eigenvalue weighted by atomic mass is 10.4. The first-order chi connectivity index (χ1) is 7.53. The number of hydrogen-bond donors (Lipinski definition) is 0. The van der Waals surface area contributed by atoms with E-state index in [-0.39, 0.29) is 6.54 Å². The van der Waals surface area contributed by atoms with E-state index in [1.54, 1.807) is 0 Å². The predicted molar refractivity (Wildman–Crippen MR) is 71.6 cm³/mol. The van der Waals surface area contributed by atoms with Crippen LogP contribution in [0.5, 0.6) is 0 Å². The van der Waals surface area contributed by atoms with E-state index >= 15 is 0 Å². The molecule has 0 aromatic rings. The fourth-order valence-electron chi connectivity index (χ4n) is 0.884. The average molecular weight is 280 g/mol. The second-order valence-corrected chi connectivity index (χ2v) is 10.1. The Bertz CT molecular complexity index is 306. The number of hydrogen-bond acceptors (Lipinski definition) is 5. The first-order valence-corrected chi connectivity index (χ1v) is 9.22. The first kappa shape index (κ1) is 15.9. The van der Waals surface area contributed by atoms with Crippen molar-refractivity contribution in [3.63, 3.8) is 0 Å². The Kier molecular flexibility index (Phi) is 8.04. The van der Waals surface area contributed by atoms with E-state index in [2.05, 4.69) is 6.92 Å². The van der Waals surface area contributed by atoms with Crippen molar-refractivity contribution in [3.05, 3.63) is 0 Å². The molecule has 0 saturated carbocycles. The van der Waals surface area contributed by atoms with Crippen molar-refractivity contribution in [2.75, 3.05) is 13.2 Å². The number of carbonyl (C=O) groups is 1. The summed E-state index contributed by atoms with van der Waals surface area (Å²) < 4.78 is 6.86. The minimum atomic E-state index is -2.43. The van der Waals surface area contributed by atoms with Crippen LogP contribution in [0, 0.1) is 11.3 Å². The van der Waals surface area contributed by atoms with Gasteiger partial charge in [-0.15, -0.1) is 0 Å². The van der Waals surface area contributed by atoms with E-state index in [0.29, 0.717) is 18.3 Å². The van der Waals surface area contributed by atoms with Gasteiger partial charge in [0.1, 0.15) is 6.54 Å². The van der Waals surface area contributed by atoms with Crippen LogP contribution in [0.2, 0.25) is 0 Å². The fraction of sp³-hybridized carbons (Fsp3) is 0.778. The summed E-state index contributed by atoms with van der Waals surface area (Å²) in [7, 11) is 0. The lowest BCUT2D eigenvalue weighted by molar-refractivity contribution is -0.113. The minimum Gasteiger partial charge on any atom is -0.327 e. The van der Waals surface area contributed by atoms with Gasteiger partial charge < -0.3 is 4.52 Å². The molecule has 0 aromatic heterocycles. The molecule has 7 heteroatoms. The zero-order valence-corrected chi connectivity index (χ0v) is 12.3. The van der Waals surface area contributed by atoms with Crippen molar-refractivity contribution in [3.8, 4) is 6.07 Å². The van der Waals surface area contributed by atoms with Crippen LogP contribution in [0.1, 0.15) is 27.2 Å². The van der Waals surface area contributed by atoms with Gasteiger partial charge in [-0.2, -0.15) is 5.26 Å². The summed E-state index contributed by atoms with van der Waals surface area (Å²) in [6.07, 6.45) is 1.57. The second-order valence-electron chi connectivity index (χ2n) is 3.07. The van der Waals surface area contributed by atoms with Crippen LogP contribution in [-0.4, -0.2) is 29.5 Å². The molecule has 0 fully saturated rings. The van der Waals surface area contributed by atoms with Crippen LogP contribution in [0.15, 0.2) is 0 Å². The molecular formula is C9H17N2O2PS2. The van der Waals surface area contributed by atoms with E-state index in [1.165, 1.54) is 16.1 Å². The molecule has 0 aromatic carbocycles. The lowest BCUT2D eigenvalue weighted by Crippen LogP contribution is -2.19. The Morgan fingerprint density at radius 3 is 2.69 bits per heavy atom. The summed E-state index contributed by atoms with van der Waals surface area (Å²) in [6.45, 7) is 6.38. The van der Waals surface area contributed by atoms with Crippen LogP contribution in [0.4, 0.5) is 0 Å². The highest BCUT2D eigenvalue weighted by Crippen LogP contribution is 2.63. The quantitative estimate of drug-likeness (QED) is 0.389. The number of carbonyl (C=O) groups excluding carboxylic acids is 1. The summed E-state index contributed by atoms with van der Waals surface area (Å²) in [5, 5.41) is 8.96. The Balaban J connectivity index is 4.85. The lowest BCUT2D eigenvalue weighted by Gasteiger charge is -2.30. The van der Waals surface area contributed by atoms with Crippen molar-refractivity contribution in [1.82, 2.24) is 4.67 Å². The molecule has 0 aliphatic heterocycles. The zero-order chi connectivity index (χ0) is 12.6. The van der Waals surface area contributed by atoms with Crippen LogP contribution in [0.3, 0.4) is 0 Å². The van der Waals surface area contributed by atoms with E-state index < -0.39 is 5.62 Å². The van der Waals surface area contributed by atoms with Gasteiger partial charge in [-0.25, -0.2) is 0 Å². The monoisotopic (exact) mass is 280 g/mol. The maximum atomic E-state index is 10.9. The molecule has 0 rings (SSSR count). The van der Waals surface area contributed by atoms with Crippen molar-refractivity contribution in [2.45, 2.75) is 32.4 Å². The van der Waals surface area contributed by atoms with Gasteiger partial charge in [0.15, 0.2) is 0 Å². The maximum Gasteiger partial charge on any atom is 0.216 e. The highest BCUT2D eigenvalue weighted by atomic mass is 32.9. The van der Waals surface area contributed by atoms with Crippen molar-refractivity contribution in [1.29, 1.82) is 5.26 Å². The Labute approximate surface area is 106 Å². The molecule has 0 bridgehead atoms. The summed E-state index contributed by atoms with van der Waals surface area (Å²) in [5.74, 6) is 0. The molecule has 92 valence electrons. The summed E-state index contributed by atoms with van der Waals surface area (Å²) in [5.41, 5.74) is -2.43. The predicted octanol–water partition coefficient (Wildman–Crippen LogP) is 2.76. The number of nitrogens with zero attached hydrogens (tertiary/aromatic N) is 2. The Morgan fingerprint density at radius 2 is 2.31 bits per heavy atom. The third-order valence-corrected chi connectivity index (χ3v) is 8.80. The van der Waals surface area contributed by atoms with Gasteiger partial charge >= 0.3 is 0 Å². The molecule has 16 heavy (non-hydrogen) atoms. The van der Waals surface area contributed by atoms with Gasteiger partial charge in [0, 0.05) is 5.25 Å². The fourth-order valence-corrected chi connectivity index (χ4v) is 7.39. The maximum absolute atomic E-state index is 10.9. The number of amides is 1. The molecule has 0 aliphatic carbocycles. The third-order valence-electron chi connectivity index (χ3n) is 1.85. The standard InChI is InChI=1S/C9H17N2O2PS2/c1-4-9(3)16-14(15,13-5-2)11(8-12)7-6-10/h8-9H,4-5,7H2,1-3H3. The molecule has 2 unspecified atom stereocenters.